The fourth-order valence-electron chi connectivity index (χ4n) is 1.94. The van der Waals surface area contributed by atoms with Gasteiger partial charge in [-0.2, -0.15) is 0 Å². The molecule has 3 aromatic heterocycles. The monoisotopic (exact) mass is 378 g/mol. The van der Waals surface area contributed by atoms with Crippen molar-refractivity contribution in [3.8, 4) is 0 Å². The number of fused-ring (bicyclic) bond motifs is 1. The zero-order valence-electron chi connectivity index (χ0n) is 12.7. The lowest BCUT2D eigenvalue weighted by Gasteiger charge is -2.06. The van der Waals surface area contributed by atoms with Gasteiger partial charge in [0, 0.05) is 10.3 Å². The molecule has 9 heteroatoms. The van der Waals surface area contributed by atoms with Crippen LogP contribution in [0.4, 0.5) is 0 Å². The molecule has 24 heavy (non-hydrogen) atoms. The van der Waals surface area contributed by atoms with Crippen LogP contribution in [0.25, 0.3) is 10.2 Å². The summed E-state index contributed by atoms with van der Waals surface area (Å²) in [6.07, 6.45) is 2.46. The Morgan fingerprint density at radius 1 is 1.29 bits per heavy atom. The molecule has 3 heterocycles. The van der Waals surface area contributed by atoms with Crippen LogP contribution in [0, 0.1) is 0 Å². The number of aromatic nitrogens is 2. The molecule has 0 aromatic carbocycles. The Morgan fingerprint density at radius 3 is 2.92 bits per heavy atom. The van der Waals surface area contributed by atoms with Gasteiger partial charge in [0.05, 0.1) is 10.6 Å². The number of nitrogens with one attached hydrogen (secondary N) is 2. The maximum absolute atomic E-state index is 11.9. The highest BCUT2D eigenvalue weighted by atomic mass is 32.2. The van der Waals surface area contributed by atoms with Gasteiger partial charge in [-0.05, 0) is 23.9 Å². The van der Waals surface area contributed by atoms with Crippen molar-refractivity contribution >= 4 is 56.5 Å². The number of aryl methyl sites for hydroxylation is 1. The molecule has 0 aliphatic heterocycles. The molecule has 2 N–H and O–H groups in total. The fraction of sp³-hybridized carbons (Fsp3) is 0.200. The molecule has 0 saturated carbocycles. The van der Waals surface area contributed by atoms with Crippen LogP contribution in [0.15, 0.2) is 34.9 Å². The Bertz CT molecular complexity index is 861. The normalized spacial score (nSPS) is 10.7. The first-order valence-corrected chi connectivity index (χ1v) is 9.84. The van der Waals surface area contributed by atoms with Crippen molar-refractivity contribution in [3.63, 3.8) is 0 Å². The maximum Gasteiger partial charge on any atom is 0.279 e. The van der Waals surface area contributed by atoms with Gasteiger partial charge in [-0.3, -0.25) is 20.4 Å². The summed E-state index contributed by atoms with van der Waals surface area (Å²) in [7, 11) is 0. The van der Waals surface area contributed by atoms with Crippen molar-refractivity contribution in [1.29, 1.82) is 0 Å². The van der Waals surface area contributed by atoms with E-state index in [1.807, 2.05) is 0 Å². The SMILES string of the molecule is CCc1cc2c(SCC(=O)NNC(=O)c3cccs3)ncnc2s1. The molecule has 0 radical (unpaired) electrons. The second-order valence-corrected chi connectivity index (χ2v) is 7.76. The minimum Gasteiger partial charge on any atom is -0.272 e. The van der Waals surface area contributed by atoms with Crippen molar-refractivity contribution in [2.45, 2.75) is 18.4 Å². The molecular formula is C15H14N4O2S3. The van der Waals surface area contributed by atoms with Crippen LogP contribution in [0.2, 0.25) is 0 Å². The summed E-state index contributed by atoms with van der Waals surface area (Å²) in [6.45, 7) is 2.09. The van der Waals surface area contributed by atoms with Gasteiger partial charge >= 0.3 is 0 Å². The molecular weight excluding hydrogens is 364 g/mol. The summed E-state index contributed by atoms with van der Waals surface area (Å²) in [5, 5.41) is 3.55. The van der Waals surface area contributed by atoms with Gasteiger partial charge in [-0.1, -0.05) is 24.8 Å². The van der Waals surface area contributed by atoms with Crippen LogP contribution in [0.1, 0.15) is 21.5 Å². The zero-order chi connectivity index (χ0) is 16.9. The molecule has 2 amide bonds. The van der Waals surface area contributed by atoms with E-state index in [2.05, 4.69) is 33.8 Å². The molecule has 6 nitrogen and oxygen atoms in total. The molecule has 0 unspecified atom stereocenters. The standard InChI is InChI=1S/C15H14N4O2S3/c1-2-9-6-10-14(16-8-17-15(10)24-9)23-7-12(20)18-19-13(21)11-4-3-5-22-11/h3-6,8H,2,7H2,1H3,(H,18,20)(H,19,21). The second kappa shape index (κ2) is 7.73. The molecule has 0 aliphatic rings. The third-order valence-corrected chi connectivity index (χ3v) is 6.15. The van der Waals surface area contributed by atoms with Crippen molar-refractivity contribution in [3.05, 3.63) is 39.7 Å². The number of thioether (sulfide) groups is 1. The number of nitrogens with zero attached hydrogens (tertiary/aromatic N) is 2. The predicted octanol–water partition coefficient (Wildman–Crippen LogP) is 2.87. The first kappa shape index (κ1) is 16.9. The summed E-state index contributed by atoms with van der Waals surface area (Å²) < 4.78 is 0. The summed E-state index contributed by atoms with van der Waals surface area (Å²) in [6, 6.07) is 5.54. The quantitative estimate of drug-likeness (QED) is 0.405. The first-order valence-electron chi connectivity index (χ1n) is 7.16. The van der Waals surface area contributed by atoms with Crippen LogP contribution in [0.5, 0.6) is 0 Å². The van der Waals surface area contributed by atoms with Gasteiger partial charge in [-0.25, -0.2) is 9.97 Å². The van der Waals surface area contributed by atoms with Crippen molar-refractivity contribution < 1.29 is 9.59 Å². The molecule has 0 atom stereocenters. The van der Waals surface area contributed by atoms with Gasteiger partial charge < -0.3 is 0 Å². The lowest BCUT2D eigenvalue weighted by Crippen LogP contribution is -2.42. The largest absolute Gasteiger partial charge is 0.279 e. The number of amides is 2. The predicted molar refractivity (Wildman–Crippen MR) is 97.4 cm³/mol. The van der Waals surface area contributed by atoms with Gasteiger partial charge in [0.15, 0.2) is 0 Å². The molecule has 3 rings (SSSR count). The van der Waals surface area contributed by atoms with Gasteiger partial charge in [-0.15, -0.1) is 22.7 Å². The number of carbonyl (C=O) groups is 2. The number of thiophene rings is 2. The Morgan fingerprint density at radius 2 is 2.17 bits per heavy atom. The Balaban J connectivity index is 1.56. The molecule has 0 bridgehead atoms. The summed E-state index contributed by atoms with van der Waals surface area (Å²) in [5.41, 5.74) is 4.81. The van der Waals surface area contributed by atoms with E-state index in [0.29, 0.717) is 4.88 Å². The average Bonchev–Trinajstić information content (AvgIpc) is 3.26. The van der Waals surface area contributed by atoms with E-state index in [0.717, 1.165) is 21.7 Å². The Kier molecular flexibility index (Phi) is 5.44. The van der Waals surface area contributed by atoms with E-state index in [-0.39, 0.29) is 17.6 Å². The van der Waals surface area contributed by atoms with E-state index in [1.54, 1.807) is 28.8 Å². The summed E-state index contributed by atoms with van der Waals surface area (Å²) in [4.78, 5) is 34.9. The van der Waals surface area contributed by atoms with Crippen LogP contribution < -0.4 is 10.9 Å². The number of rotatable bonds is 5. The van der Waals surface area contributed by atoms with E-state index in [9.17, 15) is 9.59 Å². The highest BCUT2D eigenvalue weighted by molar-refractivity contribution is 8.00. The van der Waals surface area contributed by atoms with Crippen LogP contribution >= 0.6 is 34.4 Å². The molecule has 0 spiro atoms. The number of hydrogen-bond donors (Lipinski definition) is 2. The highest BCUT2D eigenvalue weighted by Crippen LogP contribution is 2.30. The lowest BCUT2D eigenvalue weighted by molar-refractivity contribution is -0.119. The minimum absolute atomic E-state index is 0.161. The molecule has 0 saturated heterocycles. The molecule has 3 aromatic rings. The van der Waals surface area contributed by atoms with Crippen molar-refractivity contribution in [2.75, 3.05) is 5.75 Å². The Hall–Kier alpha value is -1.97. The van der Waals surface area contributed by atoms with Gasteiger partial charge in [0.1, 0.15) is 16.2 Å². The lowest BCUT2D eigenvalue weighted by atomic mass is 10.3. The van der Waals surface area contributed by atoms with Gasteiger partial charge in [0.25, 0.3) is 5.91 Å². The smallest absolute Gasteiger partial charge is 0.272 e. The van der Waals surface area contributed by atoms with E-state index in [1.165, 1.54) is 34.3 Å². The van der Waals surface area contributed by atoms with Crippen LogP contribution in [-0.2, 0) is 11.2 Å². The molecule has 0 fully saturated rings. The summed E-state index contributed by atoms with van der Waals surface area (Å²) in [5.74, 6) is -0.450. The van der Waals surface area contributed by atoms with Crippen molar-refractivity contribution in [2.24, 2.45) is 0 Å². The third-order valence-electron chi connectivity index (χ3n) is 3.09. The zero-order valence-corrected chi connectivity index (χ0v) is 15.2. The van der Waals surface area contributed by atoms with Crippen LogP contribution in [-0.4, -0.2) is 27.5 Å². The highest BCUT2D eigenvalue weighted by Gasteiger charge is 2.12. The minimum atomic E-state index is -0.321. The fourth-order valence-corrected chi connectivity index (χ4v) is 4.33. The van der Waals surface area contributed by atoms with Crippen molar-refractivity contribution in [1.82, 2.24) is 20.8 Å². The Labute approximate surface area is 150 Å². The molecule has 0 aliphatic carbocycles. The van der Waals surface area contributed by atoms with E-state index in [4.69, 9.17) is 0 Å². The number of carbonyl (C=O) groups excluding carboxylic acids is 2. The third kappa shape index (κ3) is 3.92. The van der Waals surface area contributed by atoms with Crippen LogP contribution in [0.3, 0.4) is 0 Å². The first-order chi connectivity index (χ1) is 11.7. The van der Waals surface area contributed by atoms with E-state index < -0.39 is 0 Å². The second-order valence-electron chi connectivity index (χ2n) is 4.73. The average molecular weight is 379 g/mol. The van der Waals surface area contributed by atoms with Gasteiger partial charge in [0.2, 0.25) is 5.91 Å². The number of hydrogen-bond acceptors (Lipinski definition) is 7. The summed E-state index contributed by atoms with van der Waals surface area (Å²) >= 11 is 4.28. The molecule has 124 valence electrons. The topological polar surface area (TPSA) is 84.0 Å². The number of hydrazine groups is 1. The van der Waals surface area contributed by atoms with E-state index >= 15 is 0 Å². The maximum atomic E-state index is 11.9.